The summed E-state index contributed by atoms with van der Waals surface area (Å²) < 4.78 is 0. The molecule has 21 heavy (non-hydrogen) atoms. The van der Waals surface area contributed by atoms with E-state index >= 15 is 0 Å². The predicted molar refractivity (Wildman–Crippen MR) is 81.4 cm³/mol. The van der Waals surface area contributed by atoms with E-state index in [4.69, 9.17) is 0 Å². The van der Waals surface area contributed by atoms with Crippen molar-refractivity contribution in [3.63, 3.8) is 0 Å². The zero-order chi connectivity index (χ0) is 15.3. The van der Waals surface area contributed by atoms with Crippen LogP contribution >= 0.6 is 0 Å². The second-order valence-corrected chi connectivity index (χ2v) is 7.08. The van der Waals surface area contributed by atoms with Crippen LogP contribution in [0, 0.1) is 16.2 Å². The maximum Gasteiger partial charge on any atom is 0.245 e. The number of hydrogen-bond acceptors (Lipinski definition) is 3. The van der Waals surface area contributed by atoms with Crippen molar-refractivity contribution in [2.45, 2.75) is 40.0 Å². The molecule has 112 valence electrons. The van der Waals surface area contributed by atoms with Crippen LogP contribution in [0.25, 0.3) is 0 Å². The van der Waals surface area contributed by atoms with Gasteiger partial charge in [0.15, 0.2) is 0 Å². The minimum atomic E-state index is -0.583. The van der Waals surface area contributed by atoms with E-state index < -0.39 is 5.41 Å². The van der Waals surface area contributed by atoms with E-state index in [1.807, 2.05) is 37.3 Å². The van der Waals surface area contributed by atoms with Crippen molar-refractivity contribution < 1.29 is 9.59 Å². The van der Waals surface area contributed by atoms with Gasteiger partial charge in [-0.1, -0.05) is 39.0 Å². The third kappa shape index (κ3) is 1.68. The van der Waals surface area contributed by atoms with Crippen molar-refractivity contribution in [2.75, 3.05) is 5.43 Å². The number of hydrogen-bond donors (Lipinski definition) is 2. The number of carbonyl (C=O) groups is 2. The van der Waals surface area contributed by atoms with Crippen molar-refractivity contribution in [3.05, 3.63) is 30.3 Å². The average Bonchev–Trinajstić information content (AvgIpc) is 2.76. The Labute approximate surface area is 125 Å². The molecule has 0 saturated heterocycles. The molecule has 0 aliphatic heterocycles. The van der Waals surface area contributed by atoms with E-state index in [9.17, 15) is 9.59 Å². The van der Waals surface area contributed by atoms with Crippen molar-refractivity contribution in [3.8, 4) is 0 Å². The second kappa shape index (κ2) is 4.33. The molecular weight excluding hydrogens is 264 g/mol. The molecule has 2 bridgehead atoms. The molecule has 1 aromatic rings. The van der Waals surface area contributed by atoms with E-state index in [2.05, 4.69) is 24.7 Å². The lowest BCUT2D eigenvalue weighted by Gasteiger charge is -2.38. The Morgan fingerprint density at radius 2 is 1.76 bits per heavy atom. The first-order valence-corrected chi connectivity index (χ1v) is 7.48. The first-order chi connectivity index (χ1) is 9.83. The quantitative estimate of drug-likeness (QED) is 0.840. The van der Waals surface area contributed by atoms with E-state index in [1.165, 1.54) is 0 Å². The monoisotopic (exact) mass is 286 g/mol. The van der Waals surface area contributed by atoms with Crippen LogP contribution in [0.2, 0.25) is 0 Å². The molecule has 0 unspecified atom stereocenters. The molecule has 2 N–H and O–H groups in total. The summed E-state index contributed by atoms with van der Waals surface area (Å²) in [4.78, 5) is 25.1. The highest BCUT2D eigenvalue weighted by Gasteiger charge is 2.72. The summed E-state index contributed by atoms with van der Waals surface area (Å²) in [7, 11) is 0. The number of anilines is 1. The van der Waals surface area contributed by atoms with Crippen molar-refractivity contribution >= 4 is 17.4 Å². The molecule has 0 heterocycles. The summed E-state index contributed by atoms with van der Waals surface area (Å²) in [6.07, 6.45) is 1.95. The fourth-order valence-corrected chi connectivity index (χ4v) is 4.13. The Balaban J connectivity index is 1.80. The molecule has 0 spiro atoms. The third-order valence-electron chi connectivity index (χ3n) is 6.23. The normalized spacial score (nSPS) is 33.0. The van der Waals surface area contributed by atoms with E-state index in [0.29, 0.717) is 6.42 Å². The molecule has 4 nitrogen and oxygen atoms in total. The van der Waals surface area contributed by atoms with E-state index in [0.717, 1.165) is 18.5 Å². The van der Waals surface area contributed by atoms with Crippen LogP contribution in [0.15, 0.2) is 30.3 Å². The Hall–Kier alpha value is -1.84. The highest BCUT2D eigenvalue weighted by atomic mass is 16.2. The fraction of sp³-hybridized carbons (Fsp3) is 0.529. The van der Waals surface area contributed by atoms with Crippen molar-refractivity contribution in [1.29, 1.82) is 0 Å². The van der Waals surface area contributed by atoms with Crippen molar-refractivity contribution in [2.24, 2.45) is 16.2 Å². The minimum Gasteiger partial charge on any atom is -0.299 e. The molecule has 3 rings (SSSR count). The molecule has 1 amide bonds. The lowest BCUT2D eigenvalue weighted by Crippen LogP contribution is -2.48. The maximum atomic E-state index is 12.8. The van der Waals surface area contributed by atoms with E-state index in [-0.39, 0.29) is 22.5 Å². The molecule has 2 saturated carbocycles. The van der Waals surface area contributed by atoms with Gasteiger partial charge in [0.2, 0.25) is 5.91 Å². The summed E-state index contributed by atoms with van der Waals surface area (Å²) in [5, 5.41) is 0. The molecule has 0 radical (unpaired) electrons. The molecule has 2 aliphatic carbocycles. The number of Topliss-reactive ketones (excluding diaryl/α,β-unsaturated/α-hetero) is 1. The maximum absolute atomic E-state index is 12.8. The van der Waals surface area contributed by atoms with Gasteiger partial charge in [0.05, 0.1) is 11.1 Å². The highest BCUT2D eigenvalue weighted by molar-refractivity contribution is 5.99. The number of para-hydroxylation sites is 1. The summed E-state index contributed by atoms with van der Waals surface area (Å²) >= 11 is 0. The first-order valence-electron chi connectivity index (χ1n) is 7.48. The van der Waals surface area contributed by atoms with Crippen LogP contribution in [0.3, 0.4) is 0 Å². The van der Waals surface area contributed by atoms with Crippen LogP contribution < -0.4 is 10.9 Å². The summed E-state index contributed by atoms with van der Waals surface area (Å²) in [5.74, 6) is 0.166. The third-order valence-corrected chi connectivity index (χ3v) is 6.23. The standard InChI is InChI=1S/C17H22N2O2/c1-15(2)16(3)9-10-17(15,11-13(16)20)14(21)19-18-12-7-5-4-6-8-12/h4-8,18H,9-11H2,1-3H3,(H,19,21)/t16-,17+/m0/s1. The minimum absolute atomic E-state index is 0.0640. The second-order valence-electron chi connectivity index (χ2n) is 7.08. The Bertz CT molecular complexity index is 596. The number of carbonyl (C=O) groups excluding carboxylic acids is 2. The van der Waals surface area contributed by atoms with E-state index in [1.54, 1.807) is 0 Å². The van der Waals surface area contributed by atoms with Gasteiger partial charge in [-0.15, -0.1) is 0 Å². The zero-order valence-electron chi connectivity index (χ0n) is 12.8. The van der Waals surface area contributed by atoms with Crippen molar-refractivity contribution in [1.82, 2.24) is 5.43 Å². The summed E-state index contributed by atoms with van der Waals surface area (Å²) in [6, 6.07) is 9.51. The van der Waals surface area contributed by atoms with Gasteiger partial charge in [0.25, 0.3) is 0 Å². The molecule has 2 atom stereocenters. The largest absolute Gasteiger partial charge is 0.299 e. The van der Waals surface area contributed by atoms with Gasteiger partial charge >= 0.3 is 0 Å². The smallest absolute Gasteiger partial charge is 0.245 e. The predicted octanol–water partition coefficient (Wildman–Crippen LogP) is 2.92. The van der Waals surface area contributed by atoms with Gasteiger partial charge in [-0.2, -0.15) is 0 Å². The number of amides is 1. The first kappa shape index (κ1) is 14.1. The molecule has 2 aliphatic rings. The van der Waals surface area contributed by atoms with Crippen LogP contribution in [0.5, 0.6) is 0 Å². The van der Waals surface area contributed by atoms with Crippen LogP contribution in [0.1, 0.15) is 40.0 Å². The fourth-order valence-electron chi connectivity index (χ4n) is 4.13. The van der Waals surface area contributed by atoms with Gasteiger partial charge < -0.3 is 0 Å². The molecule has 4 heteroatoms. The highest BCUT2D eigenvalue weighted by Crippen LogP contribution is 2.70. The number of nitrogens with one attached hydrogen (secondary N) is 2. The number of fused-ring (bicyclic) bond motifs is 2. The molecular formula is C17H22N2O2. The lowest BCUT2D eigenvalue weighted by molar-refractivity contribution is -0.136. The Kier molecular flexibility index (Phi) is 2.91. The Morgan fingerprint density at radius 3 is 2.29 bits per heavy atom. The molecule has 1 aromatic carbocycles. The van der Waals surface area contributed by atoms with Gasteiger partial charge in [-0.25, -0.2) is 0 Å². The number of rotatable bonds is 3. The Morgan fingerprint density at radius 1 is 1.10 bits per heavy atom. The van der Waals surface area contributed by atoms with Gasteiger partial charge in [0, 0.05) is 11.8 Å². The van der Waals surface area contributed by atoms with Gasteiger partial charge in [0.1, 0.15) is 5.78 Å². The average molecular weight is 286 g/mol. The SMILES string of the molecule is CC1(C)[C@]2(C(=O)NNc3ccccc3)CC[C@@]1(C)C(=O)C2. The number of benzene rings is 1. The van der Waals surface area contributed by atoms with Gasteiger partial charge in [-0.05, 0) is 30.4 Å². The van der Waals surface area contributed by atoms with Gasteiger partial charge in [-0.3, -0.25) is 20.4 Å². The molecule has 2 fully saturated rings. The number of ketones is 1. The van der Waals surface area contributed by atoms with Crippen LogP contribution in [-0.2, 0) is 9.59 Å². The topological polar surface area (TPSA) is 58.2 Å². The molecule has 0 aromatic heterocycles. The van der Waals surface area contributed by atoms with Crippen LogP contribution in [0.4, 0.5) is 5.69 Å². The zero-order valence-corrected chi connectivity index (χ0v) is 12.8. The summed E-state index contributed by atoms with van der Waals surface area (Å²) in [5.41, 5.74) is 5.35. The summed E-state index contributed by atoms with van der Waals surface area (Å²) in [6.45, 7) is 6.14. The lowest BCUT2D eigenvalue weighted by atomic mass is 9.64. The van der Waals surface area contributed by atoms with Crippen LogP contribution in [-0.4, -0.2) is 11.7 Å². The number of hydrazine groups is 1.